The van der Waals surface area contributed by atoms with Crippen LogP contribution in [-0.4, -0.2) is 43.1 Å². The summed E-state index contributed by atoms with van der Waals surface area (Å²) in [5.74, 6) is -0.902. The Bertz CT molecular complexity index is 600. The van der Waals surface area contributed by atoms with Gasteiger partial charge in [-0.2, -0.15) is 0 Å². The first-order chi connectivity index (χ1) is 12.0. The van der Waals surface area contributed by atoms with E-state index < -0.39 is 17.5 Å². The number of ether oxygens (including phenoxy) is 1. The number of rotatable bonds is 6. The lowest BCUT2D eigenvalue weighted by molar-refractivity contribution is -0.127. The van der Waals surface area contributed by atoms with Crippen molar-refractivity contribution in [2.75, 3.05) is 19.8 Å². The van der Waals surface area contributed by atoms with Crippen LogP contribution in [0.2, 0.25) is 0 Å². The molecular weight excluding hydrogens is 324 g/mol. The van der Waals surface area contributed by atoms with Crippen molar-refractivity contribution in [2.45, 2.75) is 31.3 Å². The summed E-state index contributed by atoms with van der Waals surface area (Å²) in [7, 11) is 0. The molecule has 1 aromatic rings. The molecule has 0 aliphatic carbocycles. The highest BCUT2D eigenvalue weighted by atomic mass is 16.5. The number of urea groups is 1. The molecule has 0 radical (unpaired) electrons. The average Bonchev–Trinajstić information content (AvgIpc) is 2.59. The third-order valence-corrected chi connectivity index (χ3v) is 4.00. The fraction of sp³-hybridized carbons (Fsp3) is 0.471. The van der Waals surface area contributed by atoms with Crippen LogP contribution in [0.3, 0.4) is 0 Å². The van der Waals surface area contributed by atoms with Crippen LogP contribution in [0.4, 0.5) is 4.79 Å². The molecule has 0 unspecified atom stereocenters. The van der Waals surface area contributed by atoms with E-state index in [2.05, 4.69) is 16.0 Å². The molecule has 0 atom stereocenters. The Labute approximate surface area is 146 Å². The highest BCUT2D eigenvalue weighted by molar-refractivity contribution is 5.96. The molecule has 1 saturated heterocycles. The van der Waals surface area contributed by atoms with Gasteiger partial charge >= 0.3 is 6.03 Å². The van der Waals surface area contributed by atoms with Crippen molar-refractivity contribution < 1.29 is 19.1 Å². The zero-order chi connectivity index (χ0) is 18.1. The van der Waals surface area contributed by atoms with Gasteiger partial charge in [0.1, 0.15) is 0 Å². The predicted molar refractivity (Wildman–Crippen MR) is 91.4 cm³/mol. The molecule has 136 valence electrons. The lowest BCUT2D eigenvalue weighted by Crippen LogP contribution is -2.50. The summed E-state index contributed by atoms with van der Waals surface area (Å²) < 4.78 is 5.22. The highest BCUT2D eigenvalue weighted by Gasteiger charge is 2.30. The molecule has 2 rings (SSSR count). The molecule has 1 heterocycles. The molecule has 0 bridgehead atoms. The van der Waals surface area contributed by atoms with E-state index in [9.17, 15) is 14.4 Å². The van der Waals surface area contributed by atoms with E-state index in [0.29, 0.717) is 32.6 Å². The van der Waals surface area contributed by atoms with Gasteiger partial charge in [-0.3, -0.25) is 14.9 Å². The summed E-state index contributed by atoms with van der Waals surface area (Å²) in [6, 6.07) is 8.71. The van der Waals surface area contributed by atoms with E-state index in [1.165, 1.54) is 0 Å². The number of hydrogen-bond acceptors (Lipinski definition) is 5. The lowest BCUT2D eigenvalue weighted by Gasteiger charge is -2.32. The van der Waals surface area contributed by atoms with Gasteiger partial charge in [0.05, 0.1) is 6.54 Å². The van der Waals surface area contributed by atoms with Gasteiger partial charge in [0.15, 0.2) is 0 Å². The van der Waals surface area contributed by atoms with E-state index in [1.54, 1.807) is 0 Å². The summed E-state index contributed by atoms with van der Waals surface area (Å²) in [5, 5.41) is 7.22. The molecule has 8 heteroatoms. The largest absolute Gasteiger partial charge is 0.381 e. The monoisotopic (exact) mass is 348 g/mol. The smallest absolute Gasteiger partial charge is 0.321 e. The Morgan fingerprint density at radius 2 is 1.72 bits per heavy atom. The van der Waals surface area contributed by atoms with Crippen molar-refractivity contribution in [3.8, 4) is 0 Å². The van der Waals surface area contributed by atoms with Crippen molar-refractivity contribution in [2.24, 2.45) is 5.73 Å². The minimum absolute atomic E-state index is 0.129. The van der Waals surface area contributed by atoms with Crippen LogP contribution < -0.4 is 21.7 Å². The number of benzene rings is 1. The van der Waals surface area contributed by atoms with Crippen LogP contribution in [0.1, 0.15) is 24.8 Å². The normalized spacial score (nSPS) is 15.9. The van der Waals surface area contributed by atoms with Gasteiger partial charge in [-0.1, -0.05) is 30.3 Å². The van der Waals surface area contributed by atoms with Crippen LogP contribution in [-0.2, 0) is 20.9 Å². The van der Waals surface area contributed by atoms with Gasteiger partial charge in [0, 0.05) is 31.7 Å². The summed E-state index contributed by atoms with van der Waals surface area (Å²) in [6.45, 7) is 1.10. The zero-order valence-electron chi connectivity index (χ0n) is 14.0. The van der Waals surface area contributed by atoms with Gasteiger partial charge in [-0.15, -0.1) is 0 Å². The maximum absolute atomic E-state index is 11.9. The van der Waals surface area contributed by atoms with Gasteiger partial charge in [-0.05, 0) is 18.4 Å². The molecule has 1 aliphatic heterocycles. The van der Waals surface area contributed by atoms with Crippen molar-refractivity contribution in [1.82, 2.24) is 16.0 Å². The summed E-state index contributed by atoms with van der Waals surface area (Å²) in [6.07, 6.45) is 1.34. The maximum atomic E-state index is 11.9. The van der Waals surface area contributed by atoms with Crippen LogP contribution in [0.5, 0.6) is 0 Å². The number of nitrogens with two attached hydrogens (primary N) is 1. The summed E-state index contributed by atoms with van der Waals surface area (Å²) in [5.41, 5.74) is 6.46. The van der Waals surface area contributed by atoms with E-state index in [-0.39, 0.29) is 18.9 Å². The zero-order valence-corrected chi connectivity index (χ0v) is 14.0. The van der Waals surface area contributed by atoms with E-state index >= 15 is 0 Å². The van der Waals surface area contributed by atoms with Crippen LogP contribution in [0.15, 0.2) is 30.3 Å². The van der Waals surface area contributed by atoms with Crippen molar-refractivity contribution in [3.63, 3.8) is 0 Å². The molecule has 0 saturated carbocycles. The molecule has 0 aromatic heterocycles. The van der Waals surface area contributed by atoms with Crippen LogP contribution in [0.25, 0.3) is 0 Å². The second-order valence-corrected chi connectivity index (χ2v) is 6.14. The molecule has 1 aromatic carbocycles. The molecule has 0 spiro atoms. The first kappa shape index (κ1) is 18.9. The highest BCUT2D eigenvalue weighted by Crippen LogP contribution is 2.21. The molecular formula is C17H24N4O4. The third kappa shape index (κ3) is 6.90. The fourth-order valence-corrected chi connectivity index (χ4v) is 2.51. The number of imide groups is 1. The Morgan fingerprint density at radius 3 is 2.40 bits per heavy atom. The lowest BCUT2D eigenvalue weighted by atomic mass is 9.87. The first-order valence-corrected chi connectivity index (χ1v) is 8.22. The molecule has 1 fully saturated rings. The van der Waals surface area contributed by atoms with E-state index in [4.69, 9.17) is 10.5 Å². The second kappa shape index (κ2) is 9.14. The molecule has 1 aliphatic rings. The number of hydrogen-bond donors (Lipinski definition) is 4. The Morgan fingerprint density at radius 1 is 1.04 bits per heavy atom. The number of nitrogens with one attached hydrogen (secondary N) is 3. The number of amides is 4. The predicted octanol–water partition coefficient (Wildman–Crippen LogP) is 0.0266. The van der Waals surface area contributed by atoms with Gasteiger partial charge in [0.2, 0.25) is 11.8 Å². The first-order valence-electron chi connectivity index (χ1n) is 8.22. The number of carbonyl (C=O) groups excluding carboxylic acids is 3. The summed E-state index contributed by atoms with van der Waals surface area (Å²) >= 11 is 0. The minimum Gasteiger partial charge on any atom is -0.381 e. The Kier molecular flexibility index (Phi) is 6.91. The fourth-order valence-electron chi connectivity index (χ4n) is 2.51. The standard InChI is InChI=1S/C17H24N4O4/c18-17(6-8-25-9-7-17)10-14(22)19-12-15(23)21-16(24)20-11-13-4-2-1-3-5-13/h1-5H,6-12,18H2,(H,19,22)(H2,20,21,23,24). The SMILES string of the molecule is NC1(CC(=O)NCC(=O)NC(=O)NCc2ccccc2)CCOCC1. The van der Waals surface area contributed by atoms with Crippen molar-refractivity contribution in [1.29, 1.82) is 0 Å². The molecule has 5 N–H and O–H groups in total. The number of carbonyl (C=O) groups is 3. The topological polar surface area (TPSA) is 123 Å². The second-order valence-electron chi connectivity index (χ2n) is 6.14. The quantitative estimate of drug-likeness (QED) is 0.577. The van der Waals surface area contributed by atoms with E-state index in [0.717, 1.165) is 5.56 Å². The minimum atomic E-state index is -0.608. The summed E-state index contributed by atoms with van der Waals surface area (Å²) in [4.78, 5) is 35.3. The third-order valence-electron chi connectivity index (χ3n) is 4.00. The van der Waals surface area contributed by atoms with E-state index in [1.807, 2.05) is 30.3 Å². The Hall–Kier alpha value is -2.45. The average molecular weight is 348 g/mol. The van der Waals surface area contributed by atoms with Gasteiger partial charge in [-0.25, -0.2) is 4.79 Å². The Balaban J connectivity index is 1.64. The van der Waals surface area contributed by atoms with Crippen molar-refractivity contribution in [3.05, 3.63) is 35.9 Å². The molecule has 8 nitrogen and oxygen atoms in total. The van der Waals surface area contributed by atoms with Gasteiger partial charge in [0.25, 0.3) is 0 Å². The van der Waals surface area contributed by atoms with Crippen LogP contribution in [0, 0.1) is 0 Å². The van der Waals surface area contributed by atoms with Crippen LogP contribution >= 0.6 is 0 Å². The van der Waals surface area contributed by atoms with Gasteiger partial charge < -0.3 is 21.1 Å². The maximum Gasteiger partial charge on any atom is 0.321 e. The molecule has 4 amide bonds. The van der Waals surface area contributed by atoms with Crippen molar-refractivity contribution >= 4 is 17.8 Å². The molecule has 25 heavy (non-hydrogen) atoms.